The summed E-state index contributed by atoms with van der Waals surface area (Å²) in [5.41, 5.74) is 2.27. The molecule has 0 bridgehead atoms. The van der Waals surface area contributed by atoms with Gasteiger partial charge in [-0.15, -0.1) is 0 Å². The molecule has 2 rings (SSSR count). The van der Waals surface area contributed by atoms with E-state index in [1.54, 1.807) is 6.07 Å². The predicted molar refractivity (Wildman–Crippen MR) is 57.1 cm³/mol. The summed E-state index contributed by atoms with van der Waals surface area (Å²) in [5.74, 6) is 0.232. The van der Waals surface area contributed by atoms with Crippen molar-refractivity contribution in [1.29, 1.82) is 0 Å². The van der Waals surface area contributed by atoms with Crippen molar-refractivity contribution in [3.8, 4) is 0 Å². The Morgan fingerprint density at radius 2 is 2.21 bits per heavy atom. The van der Waals surface area contributed by atoms with Crippen molar-refractivity contribution < 1.29 is 4.39 Å². The molecule has 1 aliphatic heterocycles. The highest BCUT2D eigenvalue weighted by atomic mass is 19.1. The number of hydrogen-bond acceptors (Lipinski definition) is 1. The molecular weight excluding hydrogens is 177 g/mol. The molecule has 1 aliphatic rings. The van der Waals surface area contributed by atoms with E-state index in [9.17, 15) is 4.39 Å². The minimum absolute atomic E-state index is 0.0795. The fourth-order valence-electron chi connectivity index (χ4n) is 2.16. The van der Waals surface area contributed by atoms with Gasteiger partial charge in [0, 0.05) is 17.1 Å². The second-order valence-electron chi connectivity index (χ2n) is 4.35. The standard InChI is InChI=1S/C12H16FN/c1-4-12(3)8(2)10-7-9(13)5-6-11(10)14-12/h5-8,14H,4H2,1-3H3. The summed E-state index contributed by atoms with van der Waals surface area (Å²) < 4.78 is 13.1. The van der Waals surface area contributed by atoms with E-state index in [0.29, 0.717) is 5.92 Å². The van der Waals surface area contributed by atoms with Gasteiger partial charge in [0.15, 0.2) is 0 Å². The topological polar surface area (TPSA) is 12.0 Å². The first kappa shape index (κ1) is 9.50. The van der Waals surface area contributed by atoms with E-state index in [-0.39, 0.29) is 11.4 Å². The molecule has 0 aromatic heterocycles. The van der Waals surface area contributed by atoms with Crippen LogP contribution in [0.2, 0.25) is 0 Å². The summed E-state index contributed by atoms with van der Waals surface area (Å²) in [6, 6.07) is 5.00. The van der Waals surface area contributed by atoms with Gasteiger partial charge < -0.3 is 5.32 Å². The average molecular weight is 193 g/mol. The van der Waals surface area contributed by atoms with E-state index in [0.717, 1.165) is 17.7 Å². The summed E-state index contributed by atoms with van der Waals surface area (Å²) in [7, 11) is 0. The van der Waals surface area contributed by atoms with Crippen molar-refractivity contribution in [3.05, 3.63) is 29.6 Å². The Morgan fingerprint density at radius 3 is 2.86 bits per heavy atom. The Labute approximate surface area is 84.3 Å². The number of nitrogens with one attached hydrogen (secondary N) is 1. The molecule has 1 nitrogen and oxygen atoms in total. The number of halogens is 1. The Hall–Kier alpha value is -1.05. The van der Waals surface area contributed by atoms with Crippen LogP contribution in [0.25, 0.3) is 0 Å². The van der Waals surface area contributed by atoms with Gasteiger partial charge in [-0.2, -0.15) is 0 Å². The van der Waals surface area contributed by atoms with E-state index in [1.165, 1.54) is 6.07 Å². The number of rotatable bonds is 1. The largest absolute Gasteiger partial charge is 0.379 e. The van der Waals surface area contributed by atoms with Gasteiger partial charge in [0.1, 0.15) is 5.82 Å². The first-order valence-electron chi connectivity index (χ1n) is 5.14. The van der Waals surface area contributed by atoms with Crippen LogP contribution in [0, 0.1) is 5.82 Å². The van der Waals surface area contributed by atoms with Gasteiger partial charge in [0.2, 0.25) is 0 Å². The fraction of sp³-hybridized carbons (Fsp3) is 0.500. The third-order valence-electron chi connectivity index (χ3n) is 3.59. The summed E-state index contributed by atoms with van der Waals surface area (Å²) in [5, 5.41) is 3.47. The molecule has 76 valence electrons. The maximum atomic E-state index is 13.1. The van der Waals surface area contributed by atoms with Crippen molar-refractivity contribution in [2.24, 2.45) is 0 Å². The molecule has 0 fully saturated rings. The molecule has 1 aromatic rings. The molecule has 0 amide bonds. The Balaban J connectivity index is 2.46. The van der Waals surface area contributed by atoms with Crippen LogP contribution in [-0.4, -0.2) is 5.54 Å². The number of fused-ring (bicyclic) bond motifs is 1. The monoisotopic (exact) mass is 193 g/mol. The lowest BCUT2D eigenvalue weighted by atomic mass is 9.84. The lowest BCUT2D eigenvalue weighted by Crippen LogP contribution is -2.33. The van der Waals surface area contributed by atoms with Crippen LogP contribution in [0.15, 0.2) is 18.2 Å². The number of anilines is 1. The van der Waals surface area contributed by atoms with Gasteiger partial charge in [-0.1, -0.05) is 13.8 Å². The van der Waals surface area contributed by atoms with Gasteiger partial charge in [-0.05, 0) is 37.1 Å². The molecule has 1 heterocycles. The molecule has 1 N–H and O–H groups in total. The third-order valence-corrected chi connectivity index (χ3v) is 3.59. The highest BCUT2D eigenvalue weighted by Crippen LogP contribution is 2.43. The van der Waals surface area contributed by atoms with E-state index in [1.807, 2.05) is 6.07 Å². The van der Waals surface area contributed by atoms with Crippen LogP contribution in [-0.2, 0) is 0 Å². The minimum Gasteiger partial charge on any atom is -0.379 e. The number of hydrogen-bond donors (Lipinski definition) is 1. The van der Waals surface area contributed by atoms with Crippen LogP contribution in [0.3, 0.4) is 0 Å². The highest BCUT2D eigenvalue weighted by molar-refractivity contribution is 5.61. The van der Waals surface area contributed by atoms with E-state index >= 15 is 0 Å². The molecule has 2 unspecified atom stereocenters. The summed E-state index contributed by atoms with van der Waals surface area (Å²) in [4.78, 5) is 0. The summed E-state index contributed by atoms with van der Waals surface area (Å²) >= 11 is 0. The maximum Gasteiger partial charge on any atom is 0.123 e. The van der Waals surface area contributed by atoms with Gasteiger partial charge in [0.25, 0.3) is 0 Å². The first-order valence-corrected chi connectivity index (χ1v) is 5.14. The smallest absolute Gasteiger partial charge is 0.123 e. The molecule has 2 heteroatoms. The van der Waals surface area contributed by atoms with Crippen molar-refractivity contribution in [3.63, 3.8) is 0 Å². The highest BCUT2D eigenvalue weighted by Gasteiger charge is 2.37. The molecule has 0 aliphatic carbocycles. The van der Waals surface area contributed by atoms with Gasteiger partial charge in [-0.25, -0.2) is 4.39 Å². The number of benzene rings is 1. The Kier molecular flexibility index (Phi) is 2.02. The van der Waals surface area contributed by atoms with Crippen molar-refractivity contribution in [2.45, 2.75) is 38.6 Å². The molecule has 1 aromatic carbocycles. The van der Waals surface area contributed by atoms with Crippen LogP contribution in [0.1, 0.15) is 38.7 Å². The van der Waals surface area contributed by atoms with Crippen molar-refractivity contribution in [2.75, 3.05) is 5.32 Å². The quantitative estimate of drug-likeness (QED) is 0.719. The normalized spacial score (nSPS) is 29.9. The van der Waals surface area contributed by atoms with Crippen molar-refractivity contribution >= 4 is 5.69 Å². The van der Waals surface area contributed by atoms with Gasteiger partial charge in [0.05, 0.1) is 0 Å². The molecule has 0 spiro atoms. The molecular formula is C12H16FN. The molecule has 0 radical (unpaired) electrons. The lowest BCUT2D eigenvalue weighted by molar-refractivity contribution is 0.442. The molecule has 0 saturated heterocycles. The average Bonchev–Trinajstić information content (AvgIpc) is 2.42. The maximum absolute atomic E-state index is 13.1. The zero-order valence-electron chi connectivity index (χ0n) is 8.89. The zero-order valence-corrected chi connectivity index (χ0v) is 8.89. The van der Waals surface area contributed by atoms with Crippen molar-refractivity contribution in [1.82, 2.24) is 0 Å². The van der Waals surface area contributed by atoms with Gasteiger partial charge >= 0.3 is 0 Å². The van der Waals surface area contributed by atoms with Crippen LogP contribution in [0.5, 0.6) is 0 Å². The lowest BCUT2D eigenvalue weighted by Gasteiger charge is -2.28. The zero-order chi connectivity index (χ0) is 10.3. The second-order valence-corrected chi connectivity index (χ2v) is 4.35. The SMILES string of the molecule is CCC1(C)Nc2ccc(F)cc2C1C. The predicted octanol–water partition coefficient (Wildman–Crippen LogP) is 3.52. The van der Waals surface area contributed by atoms with E-state index < -0.39 is 0 Å². The second kappa shape index (κ2) is 2.97. The Bertz CT molecular complexity index is 361. The first-order chi connectivity index (χ1) is 6.57. The Morgan fingerprint density at radius 1 is 1.50 bits per heavy atom. The van der Waals surface area contributed by atoms with Crippen LogP contribution >= 0.6 is 0 Å². The van der Waals surface area contributed by atoms with Gasteiger partial charge in [-0.3, -0.25) is 0 Å². The van der Waals surface area contributed by atoms with Crippen LogP contribution in [0.4, 0.5) is 10.1 Å². The summed E-state index contributed by atoms with van der Waals surface area (Å²) in [6.45, 7) is 6.50. The fourth-order valence-corrected chi connectivity index (χ4v) is 2.16. The molecule has 0 saturated carbocycles. The molecule has 2 atom stereocenters. The van der Waals surface area contributed by atoms with E-state index in [2.05, 4.69) is 26.1 Å². The summed E-state index contributed by atoms with van der Waals surface area (Å²) in [6.07, 6.45) is 1.05. The minimum atomic E-state index is -0.141. The molecule has 14 heavy (non-hydrogen) atoms. The van der Waals surface area contributed by atoms with Crippen LogP contribution < -0.4 is 5.32 Å². The van der Waals surface area contributed by atoms with E-state index in [4.69, 9.17) is 0 Å². The third kappa shape index (κ3) is 1.21.